The Morgan fingerprint density at radius 3 is 3.00 bits per heavy atom. The zero-order valence-electron chi connectivity index (χ0n) is 7.98. The van der Waals surface area contributed by atoms with E-state index < -0.39 is 0 Å². The lowest BCUT2D eigenvalue weighted by Crippen LogP contribution is -2.18. The van der Waals surface area contributed by atoms with Gasteiger partial charge in [-0.1, -0.05) is 0 Å². The molecule has 1 aromatic heterocycles. The van der Waals surface area contributed by atoms with Crippen LogP contribution in [0, 0.1) is 0 Å². The van der Waals surface area contributed by atoms with E-state index in [1.165, 1.54) is 12.8 Å². The van der Waals surface area contributed by atoms with Crippen molar-refractivity contribution < 1.29 is 14.1 Å². The third kappa shape index (κ3) is 2.11. The Morgan fingerprint density at radius 1 is 1.50 bits per heavy atom. The van der Waals surface area contributed by atoms with Crippen LogP contribution < -0.4 is 4.65 Å². The summed E-state index contributed by atoms with van der Waals surface area (Å²) >= 11 is 0. The fraction of sp³-hybridized carbons (Fsp3) is 0.556. The van der Waals surface area contributed by atoms with Gasteiger partial charge in [0.25, 0.3) is 0 Å². The van der Waals surface area contributed by atoms with Gasteiger partial charge in [0, 0.05) is 6.07 Å². The van der Waals surface area contributed by atoms with Gasteiger partial charge >= 0.3 is 7.69 Å². The molecular formula is C9H13BNO3. The molecule has 1 fully saturated rings. The number of likely N-dealkylation sites (tertiary alicyclic amines) is 1. The number of hydrogen-bond acceptors (Lipinski definition) is 4. The van der Waals surface area contributed by atoms with Crippen LogP contribution >= 0.6 is 0 Å². The van der Waals surface area contributed by atoms with E-state index in [1.54, 1.807) is 12.3 Å². The molecule has 75 valence electrons. The maximum absolute atomic E-state index is 8.52. The topological polar surface area (TPSA) is 45.8 Å². The van der Waals surface area contributed by atoms with Crippen LogP contribution in [0.25, 0.3) is 0 Å². The summed E-state index contributed by atoms with van der Waals surface area (Å²) < 4.78 is 10.2. The molecule has 1 saturated heterocycles. The summed E-state index contributed by atoms with van der Waals surface area (Å²) in [6, 6.07) is 1.71. The van der Waals surface area contributed by atoms with Crippen LogP contribution in [0.5, 0.6) is 5.75 Å². The van der Waals surface area contributed by atoms with E-state index in [1.807, 2.05) is 0 Å². The van der Waals surface area contributed by atoms with Gasteiger partial charge in [-0.3, -0.25) is 4.90 Å². The minimum atomic E-state index is 0.597. The Kier molecular flexibility index (Phi) is 3.11. The Hall–Kier alpha value is -0.935. The van der Waals surface area contributed by atoms with E-state index in [0.717, 1.165) is 25.4 Å². The second-order valence-corrected chi connectivity index (χ2v) is 3.41. The molecule has 2 heterocycles. The normalized spacial score (nSPS) is 17.2. The minimum Gasteiger partial charge on any atom is -0.535 e. The fourth-order valence-electron chi connectivity index (χ4n) is 1.75. The summed E-state index contributed by atoms with van der Waals surface area (Å²) in [4.78, 5) is 2.31. The number of rotatable bonds is 4. The Balaban J connectivity index is 1.96. The monoisotopic (exact) mass is 194 g/mol. The van der Waals surface area contributed by atoms with Gasteiger partial charge in [-0.15, -0.1) is 0 Å². The second-order valence-electron chi connectivity index (χ2n) is 3.41. The highest BCUT2D eigenvalue weighted by molar-refractivity contribution is 6.17. The van der Waals surface area contributed by atoms with E-state index in [0.29, 0.717) is 13.4 Å². The average Bonchev–Trinajstić information content (AvgIpc) is 2.80. The quantitative estimate of drug-likeness (QED) is 0.719. The Morgan fingerprint density at radius 2 is 2.29 bits per heavy atom. The summed E-state index contributed by atoms with van der Waals surface area (Å²) in [5.74, 6) is 1.37. The van der Waals surface area contributed by atoms with Crippen molar-refractivity contribution in [3.63, 3.8) is 0 Å². The molecule has 1 aromatic rings. The van der Waals surface area contributed by atoms with E-state index in [2.05, 4.69) is 4.90 Å². The molecule has 0 bridgehead atoms. The first-order valence-electron chi connectivity index (χ1n) is 4.81. The maximum Gasteiger partial charge on any atom is 0.569 e. The second kappa shape index (κ2) is 4.53. The highest BCUT2D eigenvalue weighted by Crippen LogP contribution is 2.22. The highest BCUT2D eigenvalue weighted by atomic mass is 16.5. The smallest absolute Gasteiger partial charge is 0.535 e. The van der Waals surface area contributed by atoms with Gasteiger partial charge in [0.05, 0.1) is 12.8 Å². The molecule has 1 N–H and O–H groups in total. The molecule has 0 amide bonds. The lowest BCUT2D eigenvalue weighted by atomic mass is 10.3. The summed E-state index contributed by atoms with van der Waals surface area (Å²) in [6.07, 6.45) is 4.08. The van der Waals surface area contributed by atoms with Crippen molar-refractivity contribution >= 4 is 7.69 Å². The number of furan rings is 1. The zero-order valence-corrected chi connectivity index (χ0v) is 7.98. The van der Waals surface area contributed by atoms with Gasteiger partial charge in [0.1, 0.15) is 5.75 Å². The van der Waals surface area contributed by atoms with Crippen molar-refractivity contribution in [1.29, 1.82) is 0 Å². The van der Waals surface area contributed by atoms with E-state index in [4.69, 9.17) is 14.1 Å². The summed E-state index contributed by atoms with van der Waals surface area (Å²) in [7, 11) is 0.679. The standard InChI is InChI=1S/C9H13BNO3/c12-10-14-8-3-6-13-9(8)7-11-4-1-2-5-11/h3,6,12H,1-2,4-5,7H2. The first kappa shape index (κ1) is 9.61. The lowest BCUT2D eigenvalue weighted by Gasteiger charge is -2.13. The first-order valence-corrected chi connectivity index (χ1v) is 4.81. The molecule has 0 saturated carbocycles. The molecule has 0 unspecified atom stereocenters. The third-order valence-electron chi connectivity index (χ3n) is 2.45. The average molecular weight is 194 g/mol. The minimum absolute atomic E-state index is 0.597. The number of nitrogens with zero attached hydrogens (tertiary/aromatic N) is 1. The molecular weight excluding hydrogens is 181 g/mol. The van der Waals surface area contributed by atoms with Gasteiger partial charge < -0.3 is 14.1 Å². The molecule has 2 rings (SSSR count). The van der Waals surface area contributed by atoms with Crippen LogP contribution in [-0.2, 0) is 6.54 Å². The molecule has 1 aliphatic heterocycles. The fourth-order valence-corrected chi connectivity index (χ4v) is 1.75. The Bertz CT molecular complexity index is 283. The molecule has 0 spiro atoms. The van der Waals surface area contributed by atoms with Crippen molar-refractivity contribution in [1.82, 2.24) is 4.90 Å². The Labute approximate surface area is 83.8 Å². The van der Waals surface area contributed by atoms with Crippen molar-refractivity contribution in [3.05, 3.63) is 18.1 Å². The van der Waals surface area contributed by atoms with Gasteiger partial charge in [0.2, 0.25) is 0 Å². The van der Waals surface area contributed by atoms with Crippen molar-refractivity contribution in [2.75, 3.05) is 13.1 Å². The van der Waals surface area contributed by atoms with Crippen LogP contribution in [0.1, 0.15) is 18.6 Å². The molecule has 14 heavy (non-hydrogen) atoms. The van der Waals surface area contributed by atoms with Gasteiger partial charge in [-0.2, -0.15) is 0 Å². The van der Waals surface area contributed by atoms with E-state index >= 15 is 0 Å². The van der Waals surface area contributed by atoms with Crippen LogP contribution in [0.2, 0.25) is 0 Å². The lowest BCUT2D eigenvalue weighted by molar-refractivity contribution is 0.291. The van der Waals surface area contributed by atoms with Crippen molar-refractivity contribution in [2.24, 2.45) is 0 Å². The van der Waals surface area contributed by atoms with Gasteiger partial charge in [0.15, 0.2) is 5.76 Å². The van der Waals surface area contributed by atoms with Crippen LogP contribution in [-0.4, -0.2) is 30.7 Å². The van der Waals surface area contributed by atoms with E-state index in [9.17, 15) is 0 Å². The predicted molar refractivity (Wildman–Crippen MR) is 51.8 cm³/mol. The molecule has 5 heteroatoms. The summed E-state index contributed by atoms with van der Waals surface area (Å²) in [5, 5.41) is 8.52. The van der Waals surface area contributed by atoms with Gasteiger partial charge in [-0.05, 0) is 25.9 Å². The van der Waals surface area contributed by atoms with Crippen LogP contribution in [0.3, 0.4) is 0 Å². The maximum atomic E-state index is 8.52. The molecule has 1 aliphatic rings. The SMILES string of the molecule is O[B]Oc1ccoc1CN1CCCC1. The zero-order chi connectivity index (χ0) is 9.80. The summed E-state index contributed by atoms with van der Waals surface area (Å²) in [5.41, 5.74) is 0. The largest absolute Gasteiger partial charge is 0.569 e. The number of hydrogen-bond donors (Lipinski definition) is 1. The molecule has 1 radical (unpaired) electrons. The van der Waals surface area contributed by atoms with Gasteiger partial charge in [-0.25, -0.2) is 0 Å². The van der Waals surface area contributed by atoms with Crippen LogP contribution in [0.4, 0.5) is 0 Å². The molecule has 0 atom stereocenters. The third-order valence-corrected chi connectivity index (χ3v) is 2.45. The van der Waals surface area contributed by atoms with E-state index in [-0.39, 0.29) is 0 Å². The van der Waals surface area contributed by atoms with Crippen LogP contribution in [0.15, 0.2) is 16.7 Å². The predicted octanol–water partition coefficient (Wildman–Crippen LogP) is 0.781. The molecule has 0 aliphatic carbocycles. The summed E-state index contributed by atoms with van der Waals surface area (Å²) in [6.45, 7) is 2.99. The first-order chi connectivity index (χ1) is 6.90. The van der Waals surface area contributed by atoms with Crippen molar-refractivity contribution in [2.45, 2.75) is 19.4 Å². The van der Waals surface area contributed by atoms with Crippen molar-refractivity contribution in [3.8, 4) is 5.75 Å². The molecule has 4 nitrogen and oxygen atoms in total. The molecule has 0 aromatic carbocycles. The highest BCUT2D eigenvalue weighted by Gasteiger charge is 2.16.